The number of nitrogens with zero attached hydrogens (tertiary/aromatic N) is 4. The minimum atomic E-state index is -3.01. The number of aromatic nitrogens is 2. The van der Waals surface area contributed by atoms with Crippen molar-refractivity contribution in [3.8, 4) is 17.6 Å². The maximum atomic E-state index is 13.8. The summed E-state index contributed by atoms with van der Waals surface area (Å²) in [6.45, 7) is 3.14. The van der Waals surface area contributed by atoms with Crippen molar-refractivity contribution in [2.45, 2.75) is 50.5 Å². The Labute approximate surface area is 216 Å². The van der Waals surface area contributed by atoms with Crippen molar-refractivity contribution in [2.24, 2.45) is 0 Å². The molecular formula is C26H33F2N5O3S. The fourth-order valence-corrected chi connectivity index (χ4v) is 6.60. The van der Waals surface area contributed by atoms with Gasteiger partial charge >= 0.3 is 0 Å². The molecule has 0 spiro atoms. The lowest BCUT2D eigenvalue weighted by Gasteiger charge is -2.32. The van der Waals surface area contributed by atoms with E-state index in [-0.39, 0.29) is 43.5 Å². The van der Waals surface area contributed by atoms with Crippen molar-refractivity contribution in [3.63, 3.8) is 0 Å². The van der Waals surface area contributed by atoms with Gasteiger partial charge in [0, 0.05) is 37.4 Å². The summed E-state index contributed by atoms with van der Waals surface area (Å²) in [6, 6.07) is 3.66. The summed E-state index contributed by atoms with van der Waals surface area (Å²) in [5, 5.41) is 4.14. The van der Waals surface area contributed by atoms with Crippen molar-refractivity contribution >= 4 is 32.5 Å². The van der Waals surface area contributed by atoms with Crippen LogP contribution in [0.3, 0.4) is 0 Å². The zero-order valence-electron chi connectivity index (χ0n) is 21.1. The van der Waals surface area contributed by atoms with Gasteiger partial charge < -0.3 is 15.0 Å². The van der Waals surface area contributed by atoms with Crippen LogP contribution in [0.15, 0.2) is 12.1 Å². The lowest BCUT2D eigenvalue weighted by molar-refractivity contribution is -0.0222. The van der Waals surface area contributed by atoms with E-state index in [9.17, 15) is 17.2 Å². The Morgan fingerprint density at radius 1 is 1.11 bits per heavy atom. The predicted molar refractivity (Wildman–Crippen MR) is 140 cm³/mol. The molecule has 0 atom stereocenters. The van der Waals surface area contributed by atoms with E-state index >= 15 is 0 Å². The molecule has 0 bridgehead atoms. The van der Waals surface area contributed by atoms with Gasteiger partial charge in [-0.1, -0.05) is 11.8 Å². The lowest BCUT2D eigenvalue weighted by atomic mass is 10.1. The first-order valence-electron chi connectivity index (χ1n) is 12.9. The number of rotatable bonds is 5. The molecule has 1 aromatic heterocycles. The number of piperidine rings is 1. The summed E-state index contributed by atoms with van der Waals surface area (Å²) >= 11 is 0. The van der Waals surface area contributed by atoms with Crippen LogP contribution >= 0.6 is 0 Å². The Hall–Kier alpha value is -2.71. The zero-order valence-corrected chi connectivity index (χ0v) is 21.9. The van der Waals surface area contributed by atoms with Crippen molar-refractivity contribution in [1.82, 2.24) is 14.9 Å². The highest BCUT2D eigenvalue weighted by atomic mass is 32.2. The van der Waals surface area contributed by atoms with Crippen LogP contribution in [-0.2, 0) is 9.84 Å². The molecule has 0 radical (unpaired) electrons. The maximum absolute atomic E-state index is 13.8. The third-order valence-corrected chi connectivity index (χ3v) is 9.12. The normalized spacial score (nSPS) is 22.0. The van der Waals surface area contributed by atoms with Gasteiger partial charge in [0.2, 0.25) is 5.95 Å². The van der Waals surface area contributed by atoms with Crippen LogP contribution in [0.5, 0.6) is 5.75 Å². The van der Waals surface area contributed by atoms with Gasteiger partial charge in [-0.2, -0.15) is 4.98 Å². The van der Waals surface area contributed by atoms with Gasteiger partial charge in [-0.15, -0.1) is 0 Å². The minimum Gasteiger partial charge on any atom is -0.495 e. The standard InChI is InChI=1S/C26H33F2N5O3S/c1-36-23-18-21-22(17-19(23)5-4-12-32-10-2-3-11-32)30-25(33-13-8-26(27,28)9-14-33)31-24(21)29-20-6-15-37(34,35)16-7-20/h17-18,20H,2-3,6-16H2,1H3,(H,29,30,31). The van der Waals surface area contributed by atoms with Crippen LogP contribution in [0, 0.1) is 11.8 Å². The highest BCUT2D eigenvalue weighted by Gasteiger charge is 2.35. The molecule has 0 aliphatic carbocycles. The van der Waals surface area contributed by atoms with Crippen molar-refractivity contribution in [1.29, 1.82) is 0 Å². The number of methoxy groups -OCH3 is 1. The summed E-state index contributed by atoms with van der Waals surface area (Å²) in [7, 11) is -1.42. The Balaban J connectivity index is 1.49. The van der Waals surface area contributed by atoms with Gasteiger partial charge in [0.25, 0.3) is 5.92 Å². The van der Waals surface area contributed by atoms with Gasteiger partial charge in [0.05, 0.1) is 36.2 Å². The van der Waals surface area contributed by atoms with Gasteiger partial charge in [0.1, 0.15) is 21.4 Å². The summed E-state index contributed by atoms with van der Waals surface area (Å²) < 4.78 is 57.1. The smallest absolute Gasteiger partial charge is 0.251 e. The maximum Gasteiger partial charge on any atom is 0.251 e. The fraction of sp³-hybridized carbons (Fsp3) is 0.615. The topological polar surface area (TPSA) is 87.7 Å². The van der Waals surface area contributed by atoms with Crippen LogP contribution < -0.4 is 15.0 Å². The first-order valence-corrected chi connectivity index (χ1v) is 14.7. The molecule has 2 aromatic rings. The molecule has 3 saturated heterocycles. The highest BCUT2D eigenvalue weighted by molar-refractivity contribution is 7.91. The van der Waals surface area contributed by atoms with Crippen molar-refractivity contribution < 1.29 is 21.9 Å². The van der Waals surface area contributed by atoms with Crippen LogP contribution in [0.4, 0.5) is 20.5 Å². The molecule has 200 valence electrons. The molecule has 3 aliphatic heterocycles. The summed E-state index contributed by atoms with van der Waals surface area (Å²) in [4.78, 5) is 13.6. The number of nitrogens with one attached hydrogen (secondary N) is 1. The molecule has 5 rings (SSSR count). The monoisotopic (exact) mass is 533 g/mol. The number of fused-ring (bicyclic) bond motifs is 1. The number of likely N-dealkylation sites (tertiary alicyclic amines) is 1. The molecule has 0 unspecified atom stereocenters. The molecule has 0 amide bonds. The van der Waals surface area contributed by atoms with E-state index in [4.69, 9.17) is 14.7 Å². The van der Waals surface area contributed by atoms with Crippen LogP contribution in [0.1, 0.15) is 44.1 Å². The van der Waals surface area contributed by atoms with E-state index in [1.54, 1.807) is 12.0 Å². The number of anilines is 2. The lowest BCUT2D eigenvalue weighted by Crippen LogP contribution is -2.40. The van der Waals surface area contributed by atoms with E-state index < -0.39 is 15.8 Å². The number of alkyl halides is 2. The van der Waals surface area contributed by atoms with Gasteiger partial charge in [-0.05, 0) is 50.9 Å². The number of halogens is 2. The Morgan fingerprint density at radius 2 is 1.81 bits per heavy atom. The van der Waals surface area contributed by atoms with E-state index in [2.05, 4.69) is 22.1 Å². The number of benzene rings is 1. The predicted octanol–water partition coefficient (Wildman–Crippen LogP) is 3.31. The average molecular weight is 534 g/mol. The second-order valence-electron chi connectivity index (χ2n) is 10.1. The fourth-order valence-electron chi connectivity index (χ4n) is 5.11. The number of hydrogen-bond donors (Lipinski definition) is 1. The van der Waals surface area contributed by atoms with E-state index in [1.807, 2.05) is 12.1 Å². The Morgan fingerprint density at radius 3 is 2.49 bits per heavy atom. The van der Waals surface area contributed by atoms with E-state index in [0.717, 1.165) is 18.5 Å². The zero-order chi connectivity index (χ0) is 26.0. The second-order valence-corrected chi connectivity index (χ2v) is 12.4. The molecule has 1 aromatic carbocycles. The van der Waals surface area contributed by atoms with Crippen LogP contribution in [-0.4, -0.2) is 86.6 Å². The minimum absolute atomic E-state index is 0.0638. The largest absolute Gasteiger partial charge is 0.495 e. The molecule has 0 saturated carbocycles. The third-order valence-electron chi connectivity index (χ3n) is 7.40. The molecule has 3 aliphatic rings. The Bertz CT molecular complexity index is 1290. The van der Waals surface area contributed by atoms with E-state index in [0.29, 0.717) is 48.0 Å². The molecule has 1 N–H and O–H groups in total. The summed E-state index contributed by atoms with van der Waals surface area (Å²) in [5.41, 5.74) is 1.35. The van der Waals surface area contributed by atoms with Gasteiger partial charge in [-0.25, -0.2) is 22.2 Å². The average Bonchev–Trinajstić information content (AvgIpc) is 3.38. The molecule has 11 heteroatoms. The quantitative estimate of drug-likeness (QED) is 0.586. The number of sulfone groups is 1. The number of ether oxygens (including phenoxy) is 1. The second kappa shape index (κ2) is 10.6. The molecule has 37 heavy (non-hydrogen) atoms. The first-order chi connectivity index (χ1) is 17.7. The molecule has 3 fully saturated rings. The van der Waals surface area contributed by atoms with Gasteiger partial charge in [0.15, 0.2) is 0 Å². The Kier molecular flexibility index (Phi) is 7.41. The van der Waals surface area contributed by atoms with Crippen molar-refractivity contribution in [3.05, 3.63) is 17.7 Å². The molecule has 4 heterocycles. The highest BCUT2D eigenvalue weighted by Crippen LogP contribution is 2.34. The van der Waals surface area contributed by atoms with Gasteiger partial charge in [-0.3, -0.25) is 4.90 Å². The van der Waals surface area contributed by atoms with Crippen molar-refractivity contribution in [2.75, 3.05) is 61.6 Å². The first kappa shape index (κ1) is 25.9. The molecule has 8 nitrogen and oxygen atoms in total. The number of hydrogen-bond acceptors (Lipinski definition) is 8. The SMILES string of the molecule is COc1cc2c(NC3CCS(=O)(=O)CC3)nc(N3CCC(F)(F)CC3)nc2cc1C#CCN1CCCC1. The van der Waals surface area contributed by atoms with Crippen LogP contribution in [0.2, 0.25) is 0 Å². The van der Waals surface area contributed by atoms with E-state index in [1.165, 1.54) is 12.8 Å². The summed E-state index contributed by atoms with van der Waals surface area (Å²) in [6.07, 6.45) is 2.88. The third kappa shape index (κ3) is 6.24. The molecular weight excluding hydrogens is 500 g/mol. The van der Waals surface area contributed by atoms with Crippen LogP contribution in [0.25, 0.3) is 10.9 Å². The summed E-state index contributed by atoms with van der Waals surface area (Å²) in [5.74, 6) is 5.59.